The number of likely N-dealkylation sites (N-methyl/N-ethyl adjacent to an activating group) is 1. The molecule has 1 aromatic heterocycles. The number of benzene rings is 1. The van der Waals surface area contributed by atoms with Crippen molar-refractivity contribution in [3.05, 3.63) is 48.3 Å². The van der Waals surface area contributed by atoms with Gasteiger partial charge in [0.2, 0.25) is 5.91 Å². The minimum atomic E-state index is -0.0453. The maximum atomic E-state index is 12.3. The van der Waals surface area contributed by atoms with Crippen LogP contribution in [0, 0.1) is 6.92 Å². The third-order valence-electron chi connectivity index (χ3n) is 4.23. The van der Waals surface area contributed by atoms with Gasteiger partial charge in [0.25, 0.3) is 0 Å². The van der Waals surface area contributed by atoms with Crippen molar-refractivity contribution in [1.29, 1.82) is 0 Å². The van der Waals surface area contributed by atoms with Gasteiger partial charge in [-0.25, -0.2) is 0 Å². The number of nitrogens with zero attached hydrogens (tertiary/aromatic N) is 3. The highest BCUT2D eigenvalue weighted by atomic mass is 16.5. The standard InChI is InChI=1S/C19H24N4O2/c1-15-13-18(7-8-20-15)22(2)14-19(24)21-16-3-5-17(6-4-16)23-9-11-25-12-10-23/h3-8,13H,9-12,14H2,1-2H3,(H,21,24). The van der Waals surface area contributed by atoms with Gasteiger partial charge in [0.1, 0.15) is 0 Å². The molecule has 1 fully saturated rings. The number of aromatic nitrogens is 1. The van der Waals surface area contributed by atoms with E-state index in [2.05, 4.69) is 15.2 Å². The molecule has 0 bridgehead atoms. The fourth-order valence-corrected chi connectivity index (χ4v) is 2.85. The molecule has 132 valence electrons. The molecule has 1 aliphatic heterocycles. The zero-order valence-electron chi connectivity index (χ0n) is 14.7. The lowest BCUT2D eigenvalue weighted by Crippen LogP contribution is -2.36. The van der Waals surface area contributed by atoms with Crippen molar-refractivity contribution in [1.82, 2.24) is 4.98 Å². The quantitative estimate of drug-likeness (QED) is 0.905. The van der Waals surface area contributed by atoms with Crippen LogP contribution in [0.25, 0.3) is 0 Å². The van der Waals surface area contributed by atoms with Crippen LogP contribution in [0.2, 0.25) is 0 Å². The lowest BCUT2D eigenvalue weighted by molar-refractivity contribution is -0.114. The van der Waals surface area contributed by atoms with Gasteiger partial charge < -0.3 is 19.9 Å². The first-order chi connectivity index (χ1) is 12.1. The van der Waals surface area contributed by atoms with Crippen LogP contribution in [0.1, 0.15) is 5.69 Å². The van der Waals surface area contributed by atoms with Gasteiger partial charge in [-0.3, -0.25) is 9.78 Å². The lowest BCUT2D eigenvalue weighted by Gasteiger charge is -2.29. The summed E-state index contributed by atoms with van der Waals surface area (Å²) in [4.78, 5) is 20.6. The number of anilines is 3. The summed E-state index contributed by atoms with van der Waals surface area (Å²) in [6.45, 7) is 5.56. The largest absolute Gasteiger partial charge is 0.378 e. The van der Waals surface area contributed by atoms with Crippen LogP contribution in [0.5, 0.6) is 0 Å². The van der Waals surface area contributed by atoms with Crippen molar-refractivity contribution < 1.29 is 9.53 Å². The van der Waals surface area contributed by atoms with Crippen molar-refractivity contribution in [2.75, 3.05) is 55.0 Å². The predicted molar refractivity (Wildman–Crippen MR) is 100 cm³/mol. The van der Waals surface area contributed by atoms with Crippen LogP contribution in [0.15, 0.2) is 42.6 Å². The van der Waals surface area contributed by atoms with Gasteiger partial charge in [0.15, 0.2) is 0 Å². The van der Waals surface area contributed by atoms with Crippen LogP contribution in [0.3, 0.4) is 0 Å². The second-order valence-electron chi connectivity index (χ2n) is 6.21. The van der Waals surface area contributed by atoms with Crippen LogP contribution < -0.4 is 15.1 Å². The van der Waals surface area contributed by atoms with E-state index in [-0.39, 0.29) is 12.5 Å². The van der Waals surface area contributed by atoms with Gasteiger partial charge >= 0.3 is 0 Å². The van der Waals surface area contributed by atoms with Gasteiger partial charge in [0, 0.05) is 49.1 Å². The molecule has 6 heteroatoms. The maximum absolute atomic E-state index is 12.3. The summed E-state index contributed by atoms with van der Waals surface area (Å²) in [7, 11) is 1.90. The SMILES string of the molecule is Cc1cc(N(C)CC(=O)Nc2ccc(N3CCOCC3)cc2)ccn1. The second kappa shape index (κ2) is 7.98. The molecule has 1 saturated heterocycles. The number of nitrogens with one attached hydrogen (secondary N) is 1. The van der Waals surface area contributed by atoms with E-state index in [0.717, 1.165) is 49.1 Å². The molecule has 0 saturated carbocycles. The van der Waals surface area contributed by atoms with E-state index in [1.165, 1.54) is 0 Å². The average molecular weight is 340 g/mol. The van der Waals surface area contributed by atoms with E-state index in [1.807, 2.05) is 55.3 Å². The number of amides is 1. The van der Waals surface area contributed by atoms with Gasteiger partial charge in [-0.05, 0) is 43.3 Å². The Morgan fingerprint density at radius 1 is 1.24 bits per heavy atom. The van der Waals surface area contributed by atoms with Crippen LogP contribution >= 0.6 is 0 Å². The molecule has 0 radical (unpaired) electrons. The Morgan fingerprint density at radius 3 is 2.64 bits per heavy atom. The molecule has 2 aromatic rings. The van der Waals surface area contributed by atoms with Crippen LogP contribution in [0.4, 0.5) is 17.1 Å². The first-order valence-corrected chi connectivity index (χ1v) is 8.48. The Morgan fingerprint density at radius 2 is 1.96 bits per heavy atom. The molecule has 1 aromatic carbocycles. The van der Waals surface area contributed by atoms with Gasteiger partial charge in [-0.1, -0.05) is 0 Å². The number of ether oxygens (including phenoxy) is 1. The zero-order chi connectivity index (χ0) is 17.6. The highest BCUT2D eigenvalue weighted by Gasteiger charge is 2.12. The molecular formula is C19H24N4O2. The Labute approximate surface area is 148 Å². The van der Waals surface area contributed by atoms with Crippen molar-refractivity contribution in [2.24, 2.45) is 0 Å². The second-order valence-corrected chi connectivity index (χ2v) is 6.21. The number of hydrogen-bond acceptors (Lipinski definition) is 5. The molecule has 6 nitrogen and oxygen atoms in total. The first kappa shape index (κ1) is 17.2. The van der Waals surface area contributed by atoms with Crippen molar-refractivity contribution >= 4 is 23.0 Å². The van der Waals surface area contributed by atoms with Crippen molar-refractivity contribution in [3.8, 4) is 0 Å². The molecule has 0 unspecified atom stereocenters. The molecule has 25 heavy (non-hydrogen) atoms. The fourth-order valence-electron chi connectivity index (χ4n) is 2.85. The summed E-state index contributed by atoms with van der Waals surface area (Å²) in [5.74, 6) is -0.0453. The summed E-state index contributed by atoms with van der Waals surface area (Å²) in [6.07, 6.45) is 1.75. The fraction of sp³-hybridized carbons (Fsp3) is 0.368. The van der Waals surface area contributed by atoms with Gasteiger partial charge in [-0.2, -0.15) is 0 Å². The third kappa shape index (κ3) is 4.70. The van der Waals surface area contributed by atoms with E-state index in [0.29, 0.717) is 0 Å². The topological polar surface area (TPSA) is 57.7 Å². The Bertz CT molecular complexity index is 712. The van der Waals surface area contributed by atoms with Gasteiger partial charge in [-0.15, -0.1) is 0 Å². The smallest absolute Gasteiger partial charge is 0.243 e. The highest BCUT2D eigenvalue weighted by Crippen LogP contribution is 2.19. The number of hydrogen-bond donors (Lipinski definition) is 1. The van der Waals surface area contributed by atoms with Crippen molar-refractivity contribution in [2.45, 2.75) is 6.92 Å². The monoisotopic (exact) mass is 340 g/mol. The summed E-state index contributed by atoms with van der Waals surface area (Å²) in [5.41, 5.74) is 3.88. The number of carbonyl (C=O) groups is 1. The Hall–Kier alpha value is -2.60. The lowest BCUT2D eigenvalue weighted by atomic mass is 10.2. The molecule has 1 aliphatic rings. The maximum Gasteiger partial charge on any atom is 0.243 e. The van der Waals surface area contributed by atoms with Gasteiger partial charge in [0.05, 0.1) is 19.8 Å². The van der Waals surface area contributed by atoms with Crippen LogP contribution in [-0.4, -0.2) is 50.8 Å². The van der Waals surface area contributed by atoms with Crippen molar-refractivity contribution in [3.63, 3.8) is 0 Å². The predicted octanol–water partition coefficient (Wildman–Crippen LogP) is 2.30. The summed E-state index contributed by atoms with van der Waals surface area (Å²) >= 11 is 0. The molecule has 2 heterocycles. The van der Waals surface area contributed by atoms with Crippen LogP contribution in [-0.2, 0) is 9.53 Å². The Balaban J connectivity index is 1.55. The molecular weight excluding hydrogens is 316 g/mol. The van der Waals surface area contributed by atoms with E-state index in [9.17, 15) is 4.79 Å². The van der Waals surface area contributed by atoms with E-state index >= 15 is 0 Å². The molecule has 1 N–H and O–H groups in total. The average Bonchev–Trinajstić information content (AvgIpc) is 2.63. The summed E-state index contributed by atoms with van der Waals surface area (Å²) in [6, 6.07) is 11.8. The molecule has 1 amide bonds. The third-order valence-corrected chi connectivity index (χ3v) is 4.23. The normalized spacial score (nSPS) is 14.2. The number of aryl methyl sites for hydroxylation is 1. The minimum absolute atomic E-state index is 0.0453. The summed E-state index contributed by atoms with van der Waals surface area (Å²) < 4.78 is 5.37. The molecule has 0 atom stereocenters. The number of rotatable bonds is 5. The summed E-state index contributed by atoms with van der Waals surface area (Å²) in [5, 5.41) is 2.95. The van der Waals surface area contributed by atoms with E-state index < -0.39 is 0 Å². The minimum Gasteiger partial charge on any atom is -0.378 e. The number of morpholine rings is 1. The zero-order valence-corrected chi connectivity index (χ0v) is 14.7. The van der Waals surface area contributed by atoms with E-state index in [4.69, 9.17) is 4.74 Å². The number of carbonyl (C=O) groups excluding carboxylic acids is 1. The molecule has 0 aliphatic carbocycles. The Kier molecular flexibility index (Phi) is 5.50. The molecule has 3 rings (SSSR count). The number of pyridine rings is 1. The van der Waals surface area contributed by atoms with E-state index in [1.54, 1.807) is 6.20 Å². The highest BCUT2D eigenvalue weighted by molar-refractivity contribution is 5.94. The molecule has 0 spiro atoms. The first-order valence-electron chi connectivity index (χ1n) is 8.48.